The van der Waals surface area contributed by atoms with Crippen molar-refractivity contribution >= 4 is 15.9 Å². The van der Waals surface area contributed by atoms with Crippen LogP contribution in [0, 0.1) is 11.3 Å². The first-order valence-electron chi connectivity index (χ1n) is 6.88. The minimum atomic E-state index is -3.40. The van der Waals surface area contributed by atoms with E-state index in [1.54, 1.807) is 0 Å². The van der Waals surface area contributed by atoms with E-state index in [1.165, 1.54) is 24.3 Å². The van der Waals surface area contributed by atoms with E-state index in [-0.39, 0.29) is 30.1 Å². The third-order valence-corrected chi connectivity index (χ3v) is 4.73. The summed E-state index contributed by atoms with van der Waals surface area (Å²) in [5.41, 5.74) is 0.0917. The fourth-order valence-corrected chi connectivity index (χ4v) is 2.45. The van der Waals surface area contributed by atoms with Gasteiger partial charge >= 0.3 is 0 Å². The van der Waals surface area contributed by atoms with Gasteiger partial charge in [0, 0.05) is 32.4 Å². The zero-order chi connectivity index (χ0) is 17.0. The van der Waals surface area contributed by atoms with Gasteiger partial charge in [0.25, 0.3) is 5.88 Å². The lowest BCUT2D eigenvalue weighted by molar-refractivity contribution is -0.130. The Balaban J connectivity index is 1.94. The summed E-state index contributed by atoms with van der Waals surface area (Å²) < 4.78 is 29.3. The zero-order valence-electron chi connectivity index (χ0n) is 12.8. The van der Waals surface area contributed by atoms with E-state index >= 15 is 0 Å². The lowest BCUT2D eigenvalue weighted by Gasteiger charge is -2.20. The Morgan fingerprint density at radius 1 is 1.52 bits per heavy atom. The van der Waals surface area contributed by atoms with Gasteiger partial charge in [-0.1, -0.05) is 0 Å². The number of nitrogens with zero attached hydrogens (tertiary/aromatic N) is 5. The third kappa shape index (κ3) is 4.37. The number of carbonyl (C=O) groups is 1. The molecule has 0 radical (unpaired) electrons. The van der Waals surface area contributed by atoms with Crippen molar-refractivity contribution in [3.05, 3.63) is 18.1 Å². The van der Waals surface area contributed by atoms with Gasteiger partial charge < -0.3 is 9.64 Å². The molecule has 1 saturated heterocycles. The summed E-state index contributed by atoms with van der Waals surface area (Å²) in [6, 6.07) is 1.89. The van der Waals surface area contributed by atoms with Crippen LogP contribution >= 0.6 is 0 Å². The Morgan fingerprint density at radius 3 is 2.87 bits per heavy atom. The summed E-state index contributed by atoms with van der Waals surface area (Å²) in [5.74, 6) is -0.147. The van der Waals surface area contributed by atoms with E-state index in [0.717, 1.165) is 10.6 Å². The van der Waals surface area contributed by atoms with Crippen LogP contribution < -0.4 is 4.74 Å². The molecule has 1 aromatic heterocycles. The maximum absolute atomic E-state index is 12.1. The van der Waals surface area contributed by atoms with Crippen LogP contribution in [0.4, 0.5) is 0 Å². The predicted octanol–water partition coefficient (Wildman–Crippen LogP) is -0.781. The summed E-state index contributed by atoms with van der Waals surface area (Å²) in [5, 5.41) is 8.95. The molecule has 0 spiro atoms. The zero-order valence-corrected chi connectivity index (χ0v) is 13.7. The molecule has 1 atom stereocenters. The minimum Gasteiger partial charge on any atom is -0.470 e. The van der Waals surface area contributed by atoms with Crippen molar-refractivity contribution in [1.82, 2.24) is 19.2 Å². The first-order valence-corrected chi connectivity index (χ1v) is 8.73. The van der Waals surface area contributed by atoms with Gasteiger partial charge in [0.2, 0.25) is 21.6 Å². The van der Waals surface area contributed by atoms with Crippen molar-refractivity contribution in [2.24, 2.45) is 0 Å². The van der Waals surface area contributed by atoms with Crippen LogP contribution in [0.25, 0.3) is 0 Å². The smallest absolute Gasteiger partial charge is 0.251 e. The number of likely N-dealkylation sites (N-methyl/N-ethyl adjacent to an activating group) is 1. The number of sulfonamides is 1. The Bertz CT molecular complexity index is 730. The molecule has 0 N–H and O–H groups in total. The van der Waals surface area contributed by atoms with Crippen molar-refractivity contribution in [2.75, 3.05) is 32.9 Å². The van der Waals surface area contributed by atoms with E-state index in [0.29, 0.717) is 19.5 Å². The highest BCUT2D eigenvalue weighted by Gasteiger charge is 2.30. The molecule has 2 rings (SSSR count). The van der Waals surface area contributed by atoms with Crippen molar-refractivity contribution in [3.8, 4) is 11.9 Å². The van der Waals surface area contributed by atoms with Crippen molar-refractivity contribution in [1.29, 1.82) is 5.26 Å². The Kier molecular flexibility index (Phi) is 5.12. The molecule has 1 aromatic rings. The Morgan fingerprint density at radius 2 is 2.22 bits per heavy atom. The van der Waals surface area contributed by atoms with Gasteiger partial charge in [-0.25, -0.2) is 18.4 Å². The molecule has 23 heavy (non-hydrogen) atoms. The number of ether oxygens (including phenoxy) is 1. The molecule has 1 aliphatic heterocycles. The standard InChI is InChI=1S/C13H17N5O4S/c1-17(23(2,20)21)9-12(19)18-6-3-10(8-18)22-13-11(7-14)15-4-5-16-13/h4-5,10H,3,6,8-9H2,1-2H3/t10-/m0/s1. The third-order valence-electron chi connectivity index (χ3n) is 3.47. The number of nitriles is 1. The molecule has 0 aromatic carbocycles. The van der Waals surface area contributed by atoms with Crippen LogP contribution in [0.3, 0.4) is 0 Å². The molecule has 1 amide bonds. The second-order valence-corrected chi connectivity index (χ2v) is 7.30. The predicted molar refractivity (Wildman–Crippen MR) is 79.8 cm³/mol. The SMILES string of the molecule is CN(CC(=O)N1CC[C@H](Oc2nccnc2C#N)C1)S(C)(=O)=O. The lowest BCUT2D eigenvalue weighted by Crippen LogP contribution is -2.40. The average Bonchev–Trinajstić information content (AvgIpc) is 2.95. The Hall–Kier alpha value is -2.25. The van der Waals surface area contributed by atoms with Crippen LogP contribution in [-0.4, -0.2) is 72.5 Å². The summed E-state index contributed by atoms with van der Waals surface area (Å²) in [6.07, 6.45) is 4.15. The number of likely N-dealkylation sites (tertiary alicyclic amines) is 1. The summed E-state index contributed by atoms with van der Waals surface area (Å²) in [4.78, 5) is 21.5. The molecule has 1 aliphatic rings. The molecule has 0 unspecified atom stereocenters. The number of amides is 1. The van der Waals surface area contributed by atoms with Gasteiger partial charge in [-0.2, -0.15) is 9.57 Å². The van der Waals surface area contributed by atoms with Gasteiger partial charge in [0.15, 0.2) is 0 Å². The summed E-state index contributed by atoms with van der Waals surface area (Å²) in [7, 11) is -2.04. The topological polar surface area (TPSA) is 116 Å². The second-order valence-electron chi connectivity index (χ2n) is 5.21. The lowest BCUT2D eigenvalue weighted by atomic mass is 10.3. The van der Waals surface area contributed by atoms with Gasteiger partial charge in [0.05, 0.1) is 19.3 Å². The van der Waals surface area contributed by atoms with E-state index in [1.807, 2.05) is 6.07 Å². The van der Waals surface area contributed by atoms with Gasteiger partial charge in [0.1, 0.15) is 12.2 Å². The average molecular weight is 339 g/mol. The van der Waals surface area contributed by atoms with E-state index in [2.05, 4.69) is 9.97 Å². The molecule has 10 heteroatoms. The van der Waals surface area contributed by atoms with Crippen LogP contribution in [0.15, 0.2) is 12.4 Å². The highest BCUT2D eigenvalue weighted by atomic mass is 32.2. The quantitative estimate of drug-likeness (QED) is 0.690. The number of aromatic nitrogens is 2. The van der Waals surface area contributed by atoms with Gasteiger partial charge in [-0.05, 0) is 0 Å². The van der Waals surface area contributed by atoms with Crippen LogP contribution in [0.1, 0.15) is 12.1 Å². The minimum absolute atomic E-state index is 0.0917. The number of rotatable bonds is 5. The fraction of sp³-hybridized carbons (Fsp3) is 0.538. The Labute approximate surface area is 134 Å². The second kappa shape index (κ2) is 6.89. The molecule has 124 valence electrons. The molecule has 9 nitrogen and oxygen atoms in total. The van der Waals surface area contributed by atoms with Crippen LogP contribution in [0.2, 0.25) is 0 Å². The maximum Gasteiger partial charge on any atom is 0.251 e. The highest BCUT2D eigenvalue weighted by molar-refractivity contribution is 7.88. The summed E-state index contributed by atoms with van der Waals surface area (Å²) >= 11 is 0. The monoisotopic (exact) mass is 339 g/mol. The highest BCUT2D eigenvalue weighted by Crippen LogP contribution is 2.18. The van der Waals surface area contributed by atoms with Crippen molar-refractivity contribution in [3.63, 3.8) is 0 Å². The van der Waals surface area contributed by atoms with E-state index in [4.69, 9.17) is 10.00 Å². The van der Waals surface area contributed by atoms with Crippen molar-refractivity contribution < 1.29 is 17.9 Å². The normalized spacial score (nSPS) is 18.0. The number of carbonyl (C=O) groups excluding carboxylic acids is 1. The molecule has 2 heterocycles. The first kappa shape index (κ1) is 17.1. The molecule has 1 fully saturated rings. The molecular formula is C13H17N5O4S. The largest absolute Gasteiger partial charge is 0.470 e. The van der Waals surface area contributed by atoms with Gasteiger partial charge in [-0.15, -0.1) is 0 Å². The van der Waals surface area contributed by atoms with E-state index in [9.17, 15) is 13.2 Å². The molecular weight excluding hydrogens is 322 g/mol. The fourth-order valence-electron chi connectivity index (χ4n) is 2.10. The molecule has 0 saturated carbocycles. The van der Waals surface area contributed by atoms with Gasteiger partial charge in [-0.3, -0.25) is 4.79 Å². The molecule has 0 bridgehead atoms. The van der Waals surface area contributed by atoms with Crippen LogP contribution in [0.5, 0.6) is 5.88 Å². The first-order chi connectivity index (χ1) is 10.8. The maximum atomic E-state index is 12.1. The molecule has 0 aliphatic carbocycles. The number of hydrogen-bond acceptors (Lipinski definition) is 7. The van der Waals surface area contributed by atoms with Crippen LogP contribution in [-0.2, 0) is 14.8 Å². The summed E-state index contributed by atoms with van der Waals surface area (Å²) in [6.45, 7) is 0.571. The number of hydrogen-bond donors (Lipinski definition) is 0. The van der Waals surface area contributed by atoms with Crippen molar-refractivity contribution in [2.45, 2.75) is 12.5 Å². The van der Waals surface area contributed by atoms with E-state index < -0.39 is 10.0 Å².